The van der Waals surface area contributed by atoms with Crippen LogP contribution in [0, 0.1) is 0 Å². The summed E-state index contributed by atoms with van der Waals surface area (Å²) in [5.41, 5.74) is -2.17. The van der Waals surface area contributed by atoms with Gasteiger partial charge in [0, 0.05) is 19.3 Å². The monoisotopic (exact) mass is 313 g/mol. The van der Waals surface area contributed by atoms with E-state index in [1.54, 1.807) is 26.0 Å². The molecule has 2 rings (SSSR count). The zero-order valence-electron chi connectivity index (χ0n) is 12.6. The second-order valence-electron chi connectivity index (χ2n) is 4.95. The fourth-order valence-corrected chi connectivity index (χ4v) is 4.25. The number of carbonyl (C=O) groups is 1. The summed E-state index contributed by atoms with van der Waals surface area (Å²) < 4.78 is 28.9. The number of nitrogens with one attached hydrogen (secondary N) is 1. The fourth-order valence-electron chi connectivity index (χ4n) is 2.50. The van der Waals surface area contributed by atoms with Crippen LogP contribution in [0.5, 0.6) is 0 Å². The summed E-state index contributed by atoms with van der Waals surface area (Å²) in [6.45, 7) is 5.04. The van der Waals surface area contributed by atoms with Crippen molar-refractivity contribution in [1.29, 1.82) is 0 Å². The molecule has 1 heterocycles. The summed E-state index contributed by atoms with van der Waals surface area (Å²) in [7, 11) is -2.37. The first-order valence-corrected chi connectivity index (χ1v) is 8.24. The lowest BCUT2D eigenvalue weighted by molar-refractivity contribution is -0.169. The third-order valence-corrected chi connectivity index (χ3v) is 5.40. The minimum Gasteiger partial charge on any atom is -0.352 e. The van der Waals surface area contributed by atoms with Crippen molar-refractivity contribution in [2.75, 3.05) is 13.7 Å². The van der Waals surface area contributed by atoms with Crippen LogP contribution in [0.15, 0.2) is 30.3 Å². The highest BCUT2D eigenvalue weighted by Gasteiger charge is 2.66. The SMILES string of the molecule is CCOC1(c2ccccc2)NP(=O)(OC)OC1(C)C(C)=O. The zero-order chi connectivity index (χ0) is 15.7. The van der Waals surface area contributed by atoms with Gasteiger partial charge in [0.1, 0.15) is 0 Å². The minimum absolute atomic E-state index is 0.303. The molecule has 0 radical (unpaired) electrons. The van der Waals surface area contributed by atoms with Crippen LogP contribution in [-0.2, 0) is 28.9 Å². The van der Waals surface area contributed by atoms with Gasteiger partial charge in [0.25, 0.3) is 0 Å². The molecule has 21 heavy (non-hydrogen) atoms. The lowest BCUT2D eigenvalue weighted by Gasteiger charge is -2.38. The maximum absolute atomic E-state index is 12.6. The predicted molar refractivity (Wildman–Crippen MR) is 77.7 cm³/mol. The van der Waals surface area contributed by atoms with Crippen molar-refractivity contribution in [3.05, 3.63) is 35.9 Å². The second-order valence-corrected chi connectivity index (χ2v) is 6.72. The molecule has 1 fully saturated rings. The van der Waals surface area contributed by atoms with E-state index in [2.05, 4.69) is 5.09 Å². The summed E-state index contributed by atoms with van der Waals surface area (Å²) >= 11 is 0. The van der Waals surface area contributed by atoms with Gasteiger partial charge in [-0.2, -0.15) is 5.09 Å². The van der Waals surface area contributed by atoms with Crippen molar-refractivity contribution in [3.63, 3.8) is 0 Å². The summed E-state index contributed by atoms with van der Waals surface area (Å²) in [5, 5.41) is 2.79. The average molecular weight is 313 g/mol. The number of ketones is 1. The molecule has 0 aromatic heterocycles. The van der Waals surface area contributed by atoms with Crippen LogP contribution in [0.1, 0.15) is 26.3 Å². The topological polar surface area (TPSA) is 73.9 Å². The number of hydrogen-bond donors (Lipinski definition) is 1. The molecule has 1 N–H and O–H groups in total. The Hall–Kier alpha value is -1.04. The first-order chi connectivity index (χ1) is 9.83. The number of ether oxygens (including phenoxy) is 1. The molecule has 1 aliphatic heterocycles. The lowest BCUT2D eigenvalue weighted by Crippen LogP contribution is -2.58. The van der Waals surface area contributed by atoms with Gasteiger partial charge in [0.2, 0.25) is 0 Å². The second kappa shape index (κ2) is 5.63. The molecule has 3 atom stereocenters. The minimum atomic E-state index is -3.64. The smallest absolute Gasteiger partial charge is 0.352 e. The van der Waals surface area contributed by atoms with E-state index in [9.17, 15) is 9.36 Å². The van der Waals surface area contributed by atoms with E-state index in [1.807, 2.05) is 18.2 Å². The predicted octanol–water partition coefficient (Wildman–Crippen LogP) is 2.60. The Morgan fingerprint density at radius 1 is 1.38 bits per heavy atom. The van der Waals surface area contributed by atoms with Crippen molar-refractivity contribution in [2.24, 2.45) is 0 Å². The molecule has 1 aromatic carbocycles. The van der Waals surface area contributed by atoms with E-state index < -0.39 is 19.1 Å². The summed E-state index contributed by atoms with van der Waals surface area (Å²) in [6, 6.07) is 9.06. The van der Waals surface area contributed by atoms with Gasteiger partial charge in [-0.3, -0.25) is 9.32 Å². The molecule has 0 aliphatic carbocycles. The molecule has 0 spiro atoms. The molecule has 0 saturated carbocycles. The van der Waals surface area contributed by atoms with E-state index in [0.717, 1.165) is 0 Å². The van der Waals surface area contributed by atoms with Crippen LogP contribution >= 0.6 is 7.75 Å². The van der Waals surface area contributed by atoms with Crippen LogP contribution in [-0.4, -0.2) is 25.1 Å². The maximum atomic E-state index is 12.6. The van der Waals surface area contributed by atoms with Crippen LogP contribution in [0.4, 0.5) is 0 Å². The normalized spacial score (nSPS) is 35.8. The van der Waals surface area contributed by atoms with Gasteiger partial charge in [-0.25, -0.2) is 4.57 Å². The van der Waals surface area contributed by atoms with Gasteiger partial charge in [-0.1, -0.05) is 30.3 Å². The van der Waals surface area contributed by atoms with Crippen LogP contribution in [0.2, 0.25) is 0 Å². The fraction of sp³-hybridized carbons (Fsp3) is 0.500. The van der Waals surface area contributed by atoms with Crippen molar-refractivity contribution < 1.29 is 23.1 Å². The number of Topliss-reactive ketones (excluding diaryl/α,β-unsaturated/α-hetero) is 1. The Balaban J connectivity index is 2.66. The van der Waals surface area contributed by atoms with Crippen LogP contribution < -0.4 is 5.09 Å². The van der Waals surface area contributed by atoms with E-state index in [-0.39, 0.29) is 5.78 Å². The van der Waals surface area contributed by atoms with Crippen molar-refractivity contribution in [2.45, 2.75) is 32.1 Å². The van der Waals surface area contributed by atoms with Gasteiger partial charge in [-0.15, -0.1) is 0 Å². The quantitative estimate of drug-likeness (QED) is 0.842. The van der Waals surface area contributed by atoms with Gasteiger partial charge in [0.15, 0.2) is 17.1 Å². The Morgan fingerprint density at radius 3 is 2.48 bits per heavy atom. The number of benzene rings is 1. The van der Waals surface area contributed by atoms with Gasteiger partial charge >= 0.3 is 7.75 Å². The summed E-state index contributed by atoms with van der Waals surface area (Å²) in [5.74, 6) is -0.304. The number of rotatable bonds is 5. The van der Waals surface area contributed by atoms with Crippen LogP contribution in [0.3, 0.4) is 0 Å². The molecule has 1 aliphatic rings. The highest BCUT2D eigenvalue weighted by Crippen LogP contribution is 2.61. The van der Waals surface area contributed by atoms with E-state index in [0.29, 0.717) is 12.2 Å². The Labute approximate surface area is 124 Å². The van der Waals surface area contributed by atoms with E-state index >= 15 is 0 Å². The highest BCUT2D eigenvalue weighted by atomic mass is 31.2. The molecular weight excluding hydrogens is 293 g/mol. The number of carbonyl (C=O) groups excluding carboxylic acids is 1. The highest BCUT2D eigenvalue weighted by molar-refractivity contribution is 7.52. The van der Waals surface area contributed by atoms with Gasteiger partial charge in [-0.05, 0) is 20.8 Å². The lowest BCUT2D eigenvalue weighted by atomic mass is 9.83. The molecule has 1 aromatic rings. The average Bonchev–Trinajstić information content (AvgIpc) is 2.71. The largest absolute Gasteiger partial charge is 0.409 e. The summed E-state index contributed by atoms with van der Waals surface area (Å²) in [4.78, 5) is 12.2. The molecule has 0 bridgehead atoms. The van der Waals surface area contributed by atoms with Crippen molar-refractivity contribution in [1.82, 2.24) is 5.09 Å². The molecular formula is C14H20NO5P. The first kappa shape index (κ1) is 16.3. The Bertz CT molecular complexity index is 578. The molecule has 3 unspecified atom stereocenters. The first-order valence-electron chi connectivity index (χ1n) is 6.70. The molecule has 0 amide bonds. The molecule has 1 saturated heterocycles. The van der Waals surface area contributed by atoms with Crippen molar-refractivity contribution >= 4 is 13.5 Å². The summed E-state index contributed by atoms with van der Waals surface area (Å²) in [6.07, 6.45) is 0. The van der Waals surface area contributed by atoms with E-state index in [4.69, 9.17) is 13.8 Å². The van der Waals surface area contributed by atoms with Gasteiger partial charge < -0.3 is 9.26 Å². The van der Waals surface area contributed by atoms with Crippen molar-refractivity contribution in [3.8, 4) is 0 Å². The van der Waals surface area contributed by atoms with Crippen LogP contribution in [0.25, 0.3) is 0 Å². The standard InChI is InChI=1S/C14H20NO5P/c1-5-19-14(12-9-7-6-8-10-12)13(3,11(2)16)20-21(17,15-14)18-4/h6-10H,5H2,1-4H3,(H,15,17). The van der Waals surface area contributed by atoms with E-state index in [1.165, 1.54) is 14.0 Å². The van der Waals surface area contributed by atoms with Gasteiger partial charge in [0.05, 0.1) is 0 Å². The molecule has 116 valence electrons. The maximum Gasteiger partial charge on any atom is 0.409 e. The molecule has 7 heteroatoms. The third-order valence-electron chi connectivity index (χ3n) is 3.72. The Morgan fingerprint density at radius 2 is 2.00 bits per heavy atom. The third kappa shape index (κ3) is 2.47. The zero-order valence-corrected chi connectivity index (χ0v) is 13.5. The Kier molecular flexibility index (Phi) is 4.38. The number of hydrogen-bond acceptors (Lipinski definition) is 5. The molecule has 6 nitrogen and oxygen atoms in total.